The lowest BCUT2D eigenvalue weighted by Gasteiger charge is -2.32. The average Bonchev–Trinajstić information content (AvgIpc) is 3.14. The van der Waals surface area contributed by atoms with E-state index in [0.29, 0.717) is 23.7 Å². The molecular weight excluding hydrogens is 364 g/mol. The van der Waals surface area contributed by atoms with Crippen LogP contribution in [0.25, 0.3) is 0 Å². The molecular formula is C19H22N4O3S. The van der Waals surface area contributed by atoms with Crippen molar-refractivity contribution in [2.45, 2.75) is 25.9 Å². The van der Waals surface area contributed by atoms with Crippen molar-refractivity contribution in [2.24, 2.45) is 0 Å². The Kier molecular flexibility index (Phi) is 5.00. The number of carbonyl (C=O) groups is 2. The Morgan fingerprint density at radius 2 is 2.30 bits per heavy atom. The monoisotopic (exact) mass is 386 g/mol. The van der Waals surface area contributed by atoms with Crippen LogP contribution in [0.3, 0.4) is 0 Å². The Balaban J connectivity index is 1.28. The van der Waals surface area contributed by atoms with Crippen LogP contribution in [0.2, 0.25) is 0 Å². The van der Waals surface area contributed by atoms with Crippen molar-refractivity contribution in [3.05, 3.63) is 40.1 Å². The first-order valence-corrected chi connectivity index (χ1v) is 9.87. The molecule has 7 nitrogen and oxygen atoms in total. The molecule has 2 aromatic rings. The molecule has 0 radical (unpaired) electrons. The molecule has 3 heterocycles. The minimum Gasteiger partial charge on any atom is -0.482 e. The number of anilines is 2. The van der Waals surface area contributed by atoms with Crippen LogP contribution in [-0.2, 0) is 17.8 Å². The molecule has 3 N–H and O–H groups in total. The van der Waals surface area contributed by atoms with Gasteiger partial charge in [-0.1, -0.05) is 0 Å². The molecule has 2 aliphatic rings. The summed E-state index contributed by atoms with van der Waals surface area (Å²) in [4.78, 5) is 27.4. The third kappa shape index (κ3) is 4.06. The second kappa shape index (κ2) is 7.58. The van der Waals surface area contributed by atoms with Crippen LogP contribution in [0.5, 0.6) is 5.75 Å². The van der Waals surface area contributed by atoms with Gasteiger partial charge in [0.25, 0.3) is 5.91 Å². The summed E-state index contributed by atoms with van der Waals surface area (Å²) in [5.41, 5.74) is 2.64. The third-order valence-electron chi connectivity index (χ3n) is 4.89. The SMILES string of the molecule is CC(CNC(=O)Nc1ccc2c(c1)OCC(=O)N2)N1CCc2sccc2C1. The number of amides is 3. The number of urea groups is 1. The van der Waals surface area contributed by atoms with E-state index in [1.807, 2.05) is 11.3 Å². The molecule has 4 rings (SSSR count). The van der Waals surface area contributed by atoms with Gasteiger partial charge in [0.15, 0.2) is 6.61 Å². The zero-order valence-electron chi connectivity index (χ0n) is 15.1. The second-order valence-electron chi connectivity index (χ2n) is 6.82. The standard InChI is InChI=1S/C19H22N4O3S/c1-12(23-6-4-17-13(10-23)5-7-27-17)9-20-19(25)21-14-2-3-15-16(8-14)26-11-18(24)22-15/h2-3,5,7-8,12H,4,6,9-11H2,1H3,(H,22,24)(H2,20,21,25). The van der Waals surface area contributed by atoms with E-state index in [-0.39, 0.29) is 24.6 Å². The molecule has 142 valence electrons. The number of nitrogens with zero attached hydrogens (tertiary/aromatic N) is 1. The molecule has 1 atom stereocenters. The number of thiophene rings is 1. The zero-order chi connectivity index (χ0) is 18.8. The first-order chi connectivity index (χ1) is 13.1. The smallest absolute Gasteiger partial charge is 0.319 e. The molecule has 1 unspecified atom stereocenters. The summed E-state index contributed by atoms with van der Waals surface area (Å²) in [6.45, 7) is 4.65. The Hall–Kier alpha value is -2.58. The average molecular weight is 386 g/mol. The summed E-state index contributed by atoms with van der Waals surface area (Å²) < 4.78 is 5.37. The fourth-order valence-electron chi connectivity index (χ4n) is 3.34. The van der Waals surface area contributed by atoms with Crippen molar-refractivity contribution in [2.75, 3.05) is 30.3 Å². The summed E-state index contributed by atoms with van der Waals surface area (Å²) in [7, 11) is 0. The summed E-state index contributed by atoms with van der Waals surface area (Å²) >= 11 is 1.83. The molecule has 1 aromatic carbocycles. The van der Waals surface area contributed by atoms with Crippen molar-refractivity contribution in [1.29, 1.82) is 0 Å². The molecule has 0 spiro atoms. The predicted octanol–water partition coefficient (Wildman–Crippen LogP) is 2.65. The Labute approximate surface area is 161 Å². The quantitative estimate of drug-likeness (QED) is 0.754. The van der Waals surface area contributed by atoms with E-state index < -0.39 is 0 Å². The lowest BCUT2D eigenvalue weighted by molar-refractivity contribution is -0.118. The largest absolute Gasteiger partial charge is 0.482 e. The van der Waals surface area contributed by atoms with E-state index in [2.05, 4.69) is 39.2 Å². The summed E-state index contributed by atoms with van der Waals surface area (Å²) in [5, 5.41) is 10.6. The number of hydrogen-bond donors (Lipinski definition) is 3. The van der Waals surface area contributed by atoms with Gasteiger partial charge in [0.1, 0.15) is 5.75 Å². The van der Waals surface area contributed by atoms with Crippen molar-refractivity contribution in [3.63, 3.8) is 0 Å². The van der Waals surface area contributed by atoms with Crippen LogP contribution in [0.4, 0.5) is 16.2 Å². The van der Waals surface area contributed by atoms with Crippen LogP contribution in [0, 0.1) is 0 Å². The Morgan fingerprint density at radius 3 is 3.19 bits per heavy atom. The molecule has 3 amide bonds. The van der Waals surface area contributed by atoms with Gasteiger partial charge in [0.2, 0.25) is 0 Å². The van der Waals surface area contributed by atoms with E-state index in [0.717, 1.165) is 19.5 Å². The van der Waals surface area contributed by atoms with Crippen LogP contribution in [-0.4, -0.2) is 42.6 Å². The second-order valence-corrected chi connectivity index (χ2v) is 7.82. The highest BCUT2D eigenvalue weighted by atomic mass is 32.1. The molecule has 0 bridgehead atoms. The van der Waals surface area contributed by atoms with Gasteiger partial charge in [-0.15, -0.1) is 11.3 Å². The molecule has 0 saturated heterocycles. The van der Waals surface area contributed by atoms with E-state index in [1.165, 1.54) is 10.4 Å². The molecule has 0 saturated carbocycles. The van der Waals surface area contributed by atoms with Crippen LogP contribution in [0.1, 0.15) is 17.4 Å². The van der Waals surface area contributed by atoms with Gasteiger partial charge < -0.3 is 20.7 Å². The normalized spacial score (nSPS) is 17.1. The highest BCUT2D eigenvalue weighted by Crippen LogP contribution is 2.30. The highest BCUT2D eigenvalue weighted by molar-refractivity contribution is 7.10. The summed E-state index contributed by atoms with van der Waals surface area (Å²) in [5.74, 6) is 0.378. The number of fused-ring (bicyclic) bond motifs is 2. The number of hydrogen-bond acceptors (Lipinski definition) is 5. The number of benzene rings is 1. The Morgan fingerprint density at radius 1 is 1.41 bits per heavy atom. The van der Waals surface area contributed by atoms with Crippen LogP contribution < -0.4 is 20.7 Å². The van der Waals surface area contributed by atoms with Gasteiger partial charge in [-0.25, -0.2) is 4.79 Å². The van der Waals surface area contributed by atoms with E-state index >= 15 is 0 Å². The lowest BCUT2D eigenvalue weighted by atomic mass is 10.1. The van der Waals surface area contributed by atoms with Crippen LogP contribution >= 0.6 is 11.3 Å². The first-order valence-electron chi connectivity index (χ1n) is 8.99. The predicted molar refractivity (Wildman–Crippen MR) is 105 cm³/mol. The van der Waals surface area contributed by atoms with Gasteiger partial charge in [-0.05, 0) is 42.5 Å². The van der Waals surface area contributed by atoms with E-state index in [9.17, 15) is 9.59 Å². The number of carbonyl (C=O) groups excluding carboxylic acids is 2. The first kappa shape index (κ1) is 17.8. The minimum atomic E-state index is -0.255. The maximum Gasteiger partial charge on any atom is 0.319 e. The molecule has 1 aromatic heterocycles. The van der Waals surface area contributed by atoms with Crippen molar-refractivity contribution in [1.82, 2.24) is 10.2 Å². The van der Waals surface area contributed by atoms with Gasteiger partial charge in [-0.2, -0.15) is 0 Å². The maximum absolute atomic E-state index is 12.2. The van der Waals surface area contributed by atoms with Gasteiger partial charge in [0.05, 0.1) is 5.69 Å². The van der Waals surface area contributed by atoms with Crippen LogP contribution in [0.15, 0.2) is 29.6 Å². The molecule has 2 aliphatic heterocycles. The van der Waals surface area contributed by atoms with Crippen molar-refractivity contribution >= 4 is 34.6 Å². The minimum absolute atomic E-state index is 0.0121. The van der Waals surface area contributed by atoms with Gasteiger partial charge in [0, 0.05) is 42.3 Å². The van der Waals surface area contributed by atoms with Gasteiger partial charge in [-0.3, -0.25) is 9.69 Å². The summed E-state index contributed by atoms with van der Waals surface area (Å²) in [6.07, 6.45) is 1.08. The molecule has 27 heavy (non-hydrogen) atoms. The fourth-order valence-corrected chi connectivity index (χ4v) is 4.23. The van der Waals surface area contributed by atoms with E-state index in [4.69, 9.17) is 4.74 Å². The lowest BCUT2D eigenvalue weighted by Crippen LogP contribution is -2.45. The third-order valence-corrected chi connectivity index (χ3v) is 5.91. The summed E-state index contributed by atoms with van der Waals surface area (Å²) in [6, 6.07) is 7.36. The Bertz CT molecular complexity index is 866. The molecule has 0 aliphatic carbocycles. The highest BCUT2D eigenvalue weighted by Gasteiger charge is 2.22. The maximum atomic E-state index is 12.2. The molecule has 8 heteroatoms. The number of ether oxygens (including phenoxy) is 1. The zero-order valence-corrected chi connectivity index (χ0v) is 15.9. The molecule has 0 fully saturated rings. The van der Waals surface area contributed by atoms with E-state index in [1.54, 1.807) is 18.2 Å². The number of rotatable bonds is 4. The van der Waals surface area contributed by atoms with Gasteiger partial charge >= 0.3 is 6.03 Å². The van der Waals surface area contributed by atoms with Crippen molar-refractivity contribution < 1.29 is 14.3 Å². The van der Waals surface area contributed by atoms with Crippen molar-refractivity contribution in [3.8, 4) is 5.75 Å². The fraction of sp³-hybridized carbons (Fsp3) is 0.368. The topological polar surface area (TPSA) is 82.7 Å². The number of nitrogens with one attached hydrogen (secondary N) is 3.